The fourth-order valence-electron chi connectivity index (χ4n) is 1.62. The first-order valence-corrected chi connectivity index (χ1v) is 5.79. The van der Waals surface area contributed by atoms with Crippen molar-refractivity contribution in [2.75, 3.05) is 11.9 Å². The van der Waals surface area contributed by atoms with Crippen molar-refractivity contribution in [3.63, 3.8) is 0 Å². The van der Waals surface area contributed by atoms with Crippen LogP contribution in [0.15, 0.2) is 36.7 Å². The van der Waals surface area contributed by atoms with Gasteiger partial charge in [0.2, 0.25) is 5.95 Å². The Morgan fingerprint density at radius 3 is 2.22 bits per heavy atom. The van der Waals surface area contributed by atoms with Gasteiger partial charge in [-0.2, -0.15) is 5.26 Å². The Morgan fingerprint density at radius 1 is 1.11 bits per heavy atom. The van der Waals surface area contributed by atoms with Crippen molar-refractivity contribution in [1.29, 1.82) is 5.26 Å². The molecule has 0 saturated carbocycles. The van der Waals surface area contributed by atoms with Crippen LogP contribution in [0.5, 0.6) is 0 Å². The maximum absolute atomic E-state index is 8.73. The first-order valence-electron chi connectivity index (χ1n) is 5.79. The number of hydrogen-bond donors (Lipinski definition) is 0. The van der Waals surface area contributed by atoms with Crippen molar-refractivity contribution in [2.45, 2.75) is 13.3 Å². The van der Waals surface area contributed by atoms with E-state index in [2.05, 4.69) is 41.2 Å². The average molecular weight is 238 g/mol. The molecule has 1 aromatic carbocycles. The minimum Gasteiger partial charge on any atom is -0.250 e. The predicted molar refractivity (Wildman–Crippen MR) is 70.9 cm³/mol. The van der Waals surface area contributed by atoms with Gasteiger partial charge >= 0.3 is 0 Å². The van der Waals surface area contributed by atoms with Gasteiger partial charge in [-0.25, -0.2) is 9.97 Å². The first kappa shape index (κ1) is 12.1. The molecule has 0 saturated heterocycles. The van der Waals surface area contributed by atoms with Gasteiger partial charge in [0, 0.05) is 25.0 Å². The van der Waals surface area contributed by atoms with E-state index in [1.807, 2.05) is 6.19 Å². The van der Waals surface area contributed by atoms with Gasteiger partial charge in [-0.05, 0) is 17.5 Å². The summed E-state index contributed by atoms with van der Waals surface area (Å²) in [6.07, 6.45) is 6.46. The van der Waals surface area contributed by atoms with Crippen LogP contribution in [0, 0.1) is 11.5 Å². The molecule has 0 spiro atoms. The zero-order chi connectivity index (χ0) is 13.0. The second-order valence-corrected chi connectivity index (χ2v) is 3.98. The van der Waals surface area contributed by atoms with Crippen molar-refractivity contribution in [2.24, 2.45) is 0 Å². The molecule has 0 fully saturated rings. The van der Waals surface area contributed by atoms with E-state index in [-0.39, 0.29) is 0 Å². The van der Waals surface area contributed by atoms with Gasteiger partial charge in [-0.3, -0.25) is 4.90 Å². The Labute approximate surface area is 107 Å². The van der Waals surface area contributed by atoms with E-state index in [9.17, 15) is 0 Å². The van der Waals surface area contributed by atoms with Gasteiger partial charge in [0.05, 0.1) is 0 Å². The van der Waals surface area contributed by atoms with Crippen LogP contribution in [0.4, 0.5) is 5.95 Å². The lowest BCUT2D eigenvalue weighted by molar-refractivity contribution is 1.04. The summed E-state index contributed by atoms with van der Waals surface area (Å²) in [5, 5.41) is 8.73. The number of aryl methyl sites for hydroxylation is 1. The Morgan fingerprint density at radius 2 is 1.72 bits per heavy atom. The Bertz CT molecular complexity index is 552. The van der Waals surface area contributed by atoms with E-state index in [1.54, 1.807) is 19.4 Å². The number of hydrogen-bond acceptors (Lipinski definition) is 4. The van der Waals surface area contributed by atoms with Crippen molar-refractivity contribution in [3.8, 4) is 17.3 Å². The van der Waals surface area contributed by atoms with E-state index in [4.69, 9.17) is 5.26 Å². The molecule has 2 aromatic rings. The van der Waals surface area contributed by atoms with Crippen LogP contribution >= 0.6 is 0 Å². The Kier molecular flexibility index (Phi) is 3.54. The second-order valence-electron chi connectivity index (χ2n) is 3.98. The average Bonchev–Trinajstić information content (AvgIpc) is 2.47. The van der Waals surface area contributed by atoms with Gasteiger partial charge in [-0.1, -0.05) is 31.2 Å². The van der Waals surface area contributed by atoms with Crippen LogP contribution in [0.2, 0.25) is 0 Å². The molecule has 90 valence electrons. The fourth-order valence-corrected chi connectivity index (χ4v) is 1.62. The molecule has 0 amide bonds. The van der Waals surface area contributed by atoms with Gasteiger partial charge in [-0.15, -0.1) is 0 Å². The molecule has 0 atom stereocenters. The molecule has 0 aliphatic heterocycles. The predicted octanol–water partition coefficient (Wildman–Crippen LogP) is 2.62. The molecule has 0 unspecified atom stereocenters. The Balaban J connectivity index is 2.26. The molecule has 0 radical (unpaired) electrons. The number of benzene rings is 1. The van der Waals surface area contributed by atoms with Crippen LogP contribution in [0.3, 0.4) is 0 Å². The minimum absolute atomic E-state index is 0.409. The van der Waals surface area contributed by atoms with E-state index in [1.165, 1.54) is 10.5 Å². The minimum atomic E-state index is 0.409. The topological polar surface area (TPSA) is 52.8 Å². The monoisotopic (exact) mass is 238 g/mol. The lowest BCUT2D eigenvalue weighted by Gasteiger charge is -2.07. The van der Waals surface area contributed by atoms with Crippen LogP contribution in [-0.4, -0.2) is 17.0 Å². The zero-order valence-corrected chi connectivity index (χ0v) is 10.5. The highest BCUT2D eigenvalue weighted by Crippen LogP contribution is 2.19. The van der Waals surface area contributed by atoms with E-state index in [0.717, 1.165) is 17.5 Å². The molecule has 2 rings (SSSR count). The summed E-state index contributed by atoms with van der Waals surface area (Å²) in [6.45, 7) is 2.13. The molecular formula is C14H14N4. The summed E-state index contributed by atoms with van der Waals surface area (Å²) in [5.41, 5.74) is 3.34. The lowest BCUT2D eigenvalue weighted by Crippen LogP contribution is -2.11. The largest absolute Gasteiger partial charge is 0.250 e. The molecule has 0 aliphatic rings. The number of rotatable bonds is 3. The third kappa shape index (κ3) is 2.46. The van der Waals surface area contributed by atoms with Gasteiger partial charge in [0.25, 0.3) is 0 Å². The summed E-state index contributed by atoms with van der Waals surface area (Å²) in [6, 6.07) is 8.33. The molecular weight excluding hydrogens is 224 g/mol. The second kappa shape index (κ2) is 5.28. The zero-order valence-electron chi connectivity index (χ0n) is 10.5. The summed E-state index contributed by atoms with van der Waals surface area (Å²) in [4.78, 5) is 9.64. The molecule has 4 nitrogen and oxygen atoms in total. The van der Waals surface area contributed by atoms with Crippen molar-refractivity contribution >= 4 is 5.95 Å². The molecule has 4 heteroatoms. The highest BCUT2D eigenvalue weighted by Gasteiger charge is 2.03. The maximum Gasteiger partial charge on any atom is 0.238 e. The van der Waals surface area contributed by atoms with Crippen molar-refractivity contribution in [1.82, 2.24) is 9.97 Å². The number of nitriles is 1. The molecule has 0 N–H and O–H groups in total. The third-order valence-electron chi connectivity index (χ3n) is 2.78. The van der Waals surface area contributed by atoms with Crippen LogP contribution in [0.1, 0.15) is 12.5 Å². The molecule has 0 aliphatic carbocycles. The first-order chi connectivity index (χ1) is 8.74. The van der Waals surface area contributed by atoms with Crippen LogP contribution in [0.25, 0.3) is 11.1 Å². The number of anilines is 1. The number of nitrogens with zero attached hydrogens (tertiary/aromatic N) is 4. The van der Waals surface area contributed by atoms with E-state index < -0.39 is 0 Å². The summed E-state index contributed by atoms with van der Waals surface area (Å²) < 4.78 is 0. The maximum atomic E-state index is 8.73. The lowest BCUT2D eigenvalue weighted by atomic mass is 10.1. The SMILES string of the molecule is CCc1ccc(-c2cnc(N(C)C#N)nc2)cc1. The summed E-state index contributed by atoms with van der Waals surface area (Å²) >= 11 is 0. The molecule has 0 bridgehead atoms. The summed E-state index contributed by atoms with van der Waals surface area (Å²) in [5.74, 6) is 0.409. The van der Waals surface area contributed by atoms with Gasteiger partial charge < -0.3 is 0 Å². The normalized spacial score (nSPS) is 9.83. The van der Waals surface area contributed by atoms with Crippen molar-refractivity contribution < 1.29 is 0 Å². The van der Waals surface area contributed by atoms with E-state index in [0.29, 0.717) is 5.95 Å². The third-order valence-corrected chi connectivity index (χ3v) is 2.78. The molecule has 1 heterocycles. The van der Waals surface area contributed by atoms with Gasteiger partial charge in [0.1, 0.15) is 0 Å². The smallest absolute Gasteiger partial charge is 0.238 e. The quantitative estimate of drug-likeness (QED) is 0.609. The number of aromatic nitrogens is 2. The summed E-state index contributed by atoms with van der Waals surface area (Å²) in [7, 11) is 1.63. The highest BCUT2D eigenvalue weighted by atomic mass is 15.2. The van der Waals surface area contributed by atoms with Crippen LogP contribution < -0.4 is 4.90 Å². The highest BCUT2D eigenvalue weighted by molar-refractivity contribution is 5.62. The van der Waals surface area contributed by atoms with E-state index >= 15 is 0 Å². The van der Waals surface area contributed by atoms with Crippen molar-refractivity contribution in [3.05, 3.63) is 42.2 Å². The van der Waals surface area contributed by atoms with Crippen LogP contribution in [-0.2, 0) is 6.42 Å². The standard InChI is InChI=1S/C14H14N4/c1-3-11-4-6-12(7-5-11)13-8-16-14(17-9-13)18(2)10-15/h4-9H,3H2,1-2H3. The molecule has 18 heavy (non-hydrogen) atoms. The fraction of sp³-hybridized carbons (Fsp3) is 0.214. The Hall–Kier alpha value is -2.41. The van der Waals surface area contributed by atoms with Gasteiger partial charge in [0.15, 0.2) is 6.19 Å². The molecule has 1 aromatic heterocycles.